The molecule has 1 aliphatic heterocycles. The van der Waals surface area contributed by atoms with Gasteiger partial charge in [0.15, 0.2) is 5.65 Å². The maximum absolute atomic E-state index is 12.8. The van der Waals surface area contributed by atoms with Crippen LogP contribution >= 0.6 is 15.6 Å². The number of phosphoric acid groups is 2. The maximum Gasteiger partial charge on any atom is 0.478 e. The summed E-state index contributed by atoms with van der Waals surface area (Å²) in [6.45, 7) is 10.7. The third-order valence-electron chi connectivity index (χ3n) is 5.90. The third kappa shape index (κ3) is 7.02. The molecule has 0 bridgehead atoms. The van der Waals surface area contributed by atoms with Crippen LogP contribution in [-0.2, 0) is 20.0 Å². The molecule has 3 heterocycles. The largest absolute Gasteiger partial charge is 0.478 e. The van der Waals surface area contributed by atoms with Crippen molar-refractivity contribution in [3.05, 3.63) is 64.1 Å². The van der Waals surface area contributed by atoms with Crippen LogP contribution in [0.3, 0.4) is 0 Å². The van der Waals surface area contributed by atoms with Gasteiger partial charge in [0.25, 0.3) is 5.91 Å². The molecule has 1 aromatic carbocycles. The summed E-state index contributed by atoms with van der Waals surface area (Å²) in [5.74, 6) is 0.101. The number of imidazole rings is 1. The summed E-state index contributed by atoms with van der Waals surface area (Å²) >= 11 is 0. The lowest BCUT2D eigenvalue weighted by molar-refractivity contribution is 0.0651. The van der Waals surface area contributed by atoms with Crippen molar-refractivity contribution in [2.24, 2.45) is 0 Å². The number of amides is 1. The summed E-state index contributed by atoms with van der Waals surface area (Å²) in [6.07, 6.45) is 3.02. The van der Waals surface area contributed by atoms with Crippen LogP contribution in [0, 0.1) is 27.7 Å². The molecule has 12 nitrogen and oxygen atoms in total. The van der Waals surface area contributed by atoms with E-state index in [4.69, 9.17) is 24.6 Å². The summed E-state index contributed by atoms with van der Waals surface area (Å²) in [7, 11) is -10.1. The predicted molar refractivity (Wildman–Crippen MR) is 134 cm³/mol. The Morgan fingerprint density at radius 1 is 1.06 bits per heavy atom. The zero-order valence-electron chi connectivity index (χ0n) is 20.4. The molecule has 14 heteroatoms. The molecule has 1 amide bonds. The van der Waals surface area contributed by atoms with E-state index in [-0.39, 0.29) is 5.91 Å². The van der Waals surface area contributed by atoms with Gasteiger partial charge in [0.05, 0.1) is 16.9 Å². The Hall–Kier alpha value is -2.56. The lowest BCUT2D eigenvalue weighted by Gasteiger charge is -2.31. The second-order valence-electron chi connectivity index (χ2n) is 8.55. The van der Waals surface area contributed by atoms with Gasteiger partial charge in [0.2, 0.25) is 0 Å². The molecule has 0 radical (unpaired) electrons. The number of anilines is 1. The number of carbonyl (C=O) groups is 1. The van der Waals surface area contributed by atoms with Crippen molar-refractivity contribution < 1.29 is 37.8 Å². The maximum atomic E-state index is 12.8. The van der Waals surface area contributed by atoms with Crippen molar-refractivity contribution >= 4 is 32.9 Å². The highest BCUT2D eigenvalue weighted by molar-refractivity contribution is 7.60. The molecule has 0 atom stereocenters. The molecule has 4 rings (SSSR count). The molecule has 196 valence electrons. The van der Waals surface area contributed by atoms with E-state index in [0.717, 1.165) is 42.2 Å². The quantitative estimate of drug-likeness (QED) is 0.292. The van der Waals surface area contributed by atoms with Gasteiger partial charge in [-0.2, -0.15) is 4.31 Å². The fraction of sp³-hybridized carbons (Fsp3) is 0.364. The monoisotopic (exact) mass is 540 g/mol. The van der Waals surface area contributed by atoms with Gasteiger partial charge < -0.3 is 34.2 Å². The standard InChI is InChI=1S/C22H26N4O.H4O7P2/c1-14-7-5-8-15(2)19(14)12-23-20-11-18(22(27)25-9-6-10-25)13-26-17(4)16(3)24-21(20)26;1-8(2,3)7-9(4,5)6/h5,7-8,11,13,23H,6,9-10,12H2,1-4H3;(H2,1,2,3)(H2,4,5,6). The van der Waals surface area contributed by atoms with Crippen LogP contribution in [0.1, 0.15) is 44.9 Å². The number of rotatable bonds is 6. The number of benzene rings is 1. The van der Waals surface area contributed by atoms with Gasteiger partial charge in [-0.25, -0.2) is 14.1 Å². The first kappa shape index (κ1) is 28.0. The van der Waals surface area contributed by atoms with E-state index in [1.54, 1.807) is 0 Å². The molecular weight excluding hydrogens is 510 g/mol. The average Bonchev–Trinajstić information content (AvgIpc) is 2.98. The third-order valence-corrected chi connectivity index (χ3v) is 7.60. The van der Waals surface area contributed by atoms with E-state index in [1.165, 1.54) is 16.7 Å². The molecule has 36 heavy (non-hydrogen) atoms. The van der Waals surface area contributed by atoms with Gasteiger partial charge in [-0.05, 0) is 56.9 Å². The number of likely N-dealkylation sites (tertiary alicyclic amines) is 1. The van der Waals surface area contributed by atoms with E-state index < -0.39 is 15.6 Å². The Labute approximate surface area is 208 Å². The van der Waals surface area contributed by atoms with Gasteiger partial charge in [-0.3, -0.25) is 4.79 Å². The number of nitrogens with zero attached hydrogens (tertiary/aromatic N) is 3. The zero-order valence-corrected chi connectivity index (χ0v) is 22.2. The second kappa shape index (κ2) is 10.8. The van der Waals surface area contributed by atoms with E-state index in [1.807, 2.05) is 35.4 Å². The van der Waals surface area contributed by atoms with Crippen LogP contribution < -0.4 is 5.32 Å². The Morgan fingerprint density at radius 2 is 1.64 bits per heavy atom. The number of hydrogen-bond donors (Lipinski definition) is 5. The summed E-state index contributed by atoms with van der Waals surface area (Å²) in [4.78, 5) is 50.4. The SMILES string of the molecule is Cc1cccc(C)c1CNc1cc(C(=O)N2CCC2)cn2c(C)c(C)nc12.O=P(O)(O)OP(=O)(O)O. The smallest absolute Gasteiger partial charge is 0.378 e. The Morgan fingerprint density at radius 3 is 2.11 bits per heavy atom. The molecule has 0 unspecified atom stereocenters. The number of fused-ring (bicyclic) bond motifs is 1. The van der Waals surface area contributed by atoms with Crippen molar-refractivity contribution in [2.45, 2.75) is 40.7 Å². The Kier molecular flexibility index (Phi) is 8.42. The van der Waals surface area contributed by atoms with Crippen molar-refractivity contribution in [2.75, 3.05) is 18.4 Å². The van der Waals surface area contributed by atoms with Crippen LogP contribution in [0.15, 0.2) is 30.5 Å². The molecule has 5 N–H and O–H groups in total. The van der Waals surface area contributed by atoms with Crippen molar-refractivity contribution in [1.82, 2.24) is 14.3 Å². The van der Waals surface area contributed by atoms with Crippen LogP contribution in [0.4, 0.5) is 5.69 Å². The number of hydrogen-bond acceptors (Lipinski definition) is 6. The van der Waals surface area contributed by atoms with Gasteiger partial charge in [0.1, 0.15) is 0 Å². The second-order valence-corrected chi connectivity index (χ2v) is 11.2. The number of aromatic nitrogens is 2. The van der Waals surface area contributed by atoms with Gasteiger partial charge in [0, 0.05) is 31.5 Å². The molecule has 0 spiro atoms. The van der Waals surface area contributed by atoms with E-state index >= 15 is 0 Å². The zero-order chi connectivity index (χ0) is 26.8. The number of nitrogens with one attached hydrogen (secondary N) is 1. The molecule has 1 fully saturated rings. The first-order chi connectivity index (χ1) is 16.7. The normalized spacial score (nSPS) is 13.7. The van der Waals surface area contributed by atoms with Gasteiger partial charge >= 0.3 is 15.6 Å². The summed E-state index contributed by atoms with van der Waals surface area (Å²) in [5, 5.41) is 3.54. The molecule has 1 aliphatic rings. The summed E-state index contributed by atoms with van der Waals surface area (Å²) in [5.41, 5.74) is 8.36. The van der Waals surface area contributed by atoms with Crippen LogP contribution in [0.5, 0.6) is 0 Å². The highest BCUT2D eigenvalue weighted by Gasteiger charge is 2.28. The fourth-order valence-corrected chi connectivity index (χ4v) is 4.88. The van der Waals surface area contributed by atoms with E-state index in [0.29, 0.717) is 12.1 Å². The first-order valence-corrected chi connectivity index (χ1v) is 14.1. The summed E-state index contributed by atoms with van der Waals surface area (Å²) in [6, 6.07) is 8.30. The molecule has 1 saturated heterocycles. The average molecular weight is 540 g/mol. The topological polar surface area (TPSA) is 174 Å². The fourth-order valence-electron chi connectivity index (χ4n) is 3.77. The van der Waals surface area contributed by atoms with Crippen LogP contribution in [-0.4, -0.2) is 52.9 Å². The predicted octanol–water partition coefficient (Wildman–Crippen LogP) is 3.21. The Bertz CT molecular complexity index is 1330. The van der Waals surface area contributed by atoms with Crippen LogP contribution in [0.25, 0.3) is 5.65 Å². The summed E-state index contributed by atoms with van der Waals surface area (Å²) < 4.78 is 24.2. The number of carbonyl (C=O) groups excluding carboxylic acids is 1. The minimum Gasteiger partial charge on any atom is -0.378 e. The first-order valence-electron chi connectivity index (χ1n) is 11.1. The molecule has 0 aliphatic carbocycles. The van der Waals surface area contributed by atoms with Crippen molar-refractivity contribution in [3.63, 3.8) is 0 Å². The molecule has 3 aromatic rings. The van der Waals surface area contributed by atoms with Gasteiger partial charge in [-0.15, -0.1) is 0 Å². The number of aryl methyl sites for hydroxylation is 4. The Balaban J connectivity index is 0.000000345. The van der Waals surface area contributed by atoms with Crippen molar-refractivity contribution in [1.29, 1.82) is 0 Å². The van der Waals surface area contributed by atoms with Crippen LogP contribution in [0.2, 0.25) is 0 Å². The highest BCUT2D eigenvalue weighted by atomic mass is 31.3. The van der Waals surface area contributed by atoms with E-state index in [9.17, 15) is 13.9 Å². The lowest BCUT2D eigenvalue weighted by Crippen LogP contribution is -2.42. The molecule has 2 aromatic heterocycles. The molecular formula is C22H30N4O8P2. The minimum atomic E-state index is -5.05. The lowest BCUT2D eigenvalue weighted by atomic mass is 10.0. The van der Waals surface area contributed by atoms with Gasteiger partial charge in [-0.1, -0.05) is 18.2 Å². The highest BCUT2D eigenvalue weighted by Crippen LogP contribution is 2.53. The molecule has 0 saturated carbocycles. The number of pyridine rings is 1. The minimum absolute atomic E-state index is 0.101. The van der Waals surface area contributed by atoms with Crippen molar-refractivity contribution in [3.8, 4) is 0 Å². The van der Waals surface area contributed by atoms with E-state index in [2.05, 4.69) is 41.7 Å².